The number of aromatic amines is 1. The highest BCUT2D eigenvalue weighted by Crippen LogP contribution is 2.05. The molecule has 4 unspecified atom stereocenters. The second-order valence-electron chi connectivity index (χ2n) is 7.82. The van der Waals surface area contributed by atoms with E-state index in [1.54, 1.807) is 0 Å². The molecule has 1 aromatic heterocycles. The third kappa shape index (κ3) is 11.6. The van der Waals surface area contributed by atoms with Gasteiger partial charge in [0.1, 0.15) is 18.1 Å². The zero-order valence-electron chi connectivity index (χ0n) is 20.0. The first-order chi connectivity index (χ1) is 17.1. The summed E-state index contributed by atoms with van der Waals surface area (Å²) < 4.78 is 0. The number of hydrogen-bond acceptors (Lipinski definition) is 9. The van der Waals surface area contributed by atoms with Crippen LogP contribution in [-0.4, -0.2) is 93.2 Å². The minimum absolute atomic E-state index is 0.00160. The summed E-state index contributed by atoms with van der Waals surface area (Å²) in [5.74, 6) is -2.66. The van der Waals surface area contributed by atoms with Crippen LogP contribution in [0.2, 0.25) is 0 Å². The van der Waals surface area contributed by atoms with E-state index in [2.05, 4.69) is 43.5 Å². The number of hydrogen-bond donors (Lipinski definition) is 9. The van der Waals surface area contributed by atoms with Crippen molar-refractivity contribution >= 4 is 54.0 Å². The Bertz CT molecular complexity index is 881. The zero-order valence-corrected chi connectivity index (χ0v) is 21.7. The van der Waals surface area contributed by atoms with Gasteiger partial charge in [0.25, 0.3) is 0 Å². The molecule has 16 heteroatoms. The Hall–Kier alpha value is -2.98. The van der Waals surface area contributed by atoms with Gasteiger partial charge < -0.3 is 43.2 Å². The molecule has 0 saturated heterocycles. The number of guanidine groups is 1. The quantitative estimate of drug-likeness (QED) is 0.0433. The molecule has 0 aliphatic heterocycles. The van der Waals surface area contributed by atoms with Crippen LogP contribution in [0.3, 0.4) is 0 Å². The van der Waals surface area contributed by atoms with E-state index in [1.165, 1.54) is 24.3 Å². The molecule has 0 aliphatic rings. The number of H-pyrrole nitrogens is 1. The first-order valence-electron chi connectivity index (χ1n) is 11.1. The Kier molecular flexibility index (Phi) is 14.4. The molecule has 0 aromatic carbocycles. The summed E-state index contributed by atoms with van der Waals surface area (Å²) in [6, 6.07) is -4.26. The zero-order chi connectivity index (χ0) is 27.1. The molecule has 14 nitrogen and oxygen atoms in total. The van der Waals surface area contributed by atoms with Crippen molar-refractivity contribution in [3.63, 3.8) is 0 Å². The Labute approximate surface area is 218 Å². The third-order valence-corrected chi connectivity index (χ3v) is 5.97. The lowest BCUT2D eigenvalue weighted by Gasteiger charge is -2.24. The smallest absolute Gasteiger partial charge is 0.326 e. The van der Waals surface area contributed by atoms with Crippen LogP contribution in [0.4, 0.5) is 0 Å². The molecule has 3 amide bonds. The summed E-state index contributed by atoms with van der Waals surface area (Å²) in [4.78, 5) is 60.4. The van der Waals surface area contributed by atoms with Crippen molar-refractivity contribution in [2.45, 2.75) is 49.9 Å². The lowest BCUT2D eigenvalue weighted by molar-refractivity contribution is -0.142. The van der Waals surface area contributed by atoms with Crippen molar-refractivity contribution < 1.29 is 24.3 Å². The van der Waals surface area contributed by atoms with E-state index in [9.17, 15) is 24.3 Å². The highest BCUT2D eigenvalue weighted by atomic mass is 32.2. The average molecular weight is 546 g/mol. The number of imidazole rings is 1. The SMILES string of the molecule is CSCCC(N)C(=O)NC(CS)C(=O)NC(Cc1cnc[nH]1)C(=O)NC(CCCN=C(N)N)C(=O)O. The van der Waals surface area contributed by atoms with Gasteiger partial charge in [-0.05, 0) is 31.3 Å². The molecular formula is C20H35N9O5S2. The number of thiol groups is 1. The molecule has 0 bridgehead atoms. The molecule has 11 N–H and O–H groups in total. The van der Waals surface area contributed by atoms with Crippen molar-refractivity contribution in [3.05, 3.63) is 18.2 Å². The number of nitrogens with two attached hydrogens (primary N) is 3. The summed E-state index contributed by atoms with van der Waals surface area (Å²) in [6.45, 7) is 0.193. The van der Waals surface area contributed by atoms with Crippen molar-refractivity contribution in [1.29, 1.82) is 0 Å². The van der Waals surface area contributed by atoms with Crippen LogP contribution < -0.4 is 33.2 Å². The third-order valence-electron chi connectivity index (χ3n) is 4.96. The molecule has 1 aromatic rings. The van der Waals surface area contributed by atoms with Gasteiger partial charge in [0.2, 0.25) is 17.7 Å². The molecule has 202 valence electrons. The maximum Gasteiger partial charge on any atom is 0.326 e. The number of aliphatic imine (C=N–C) groups is 1. The van der Waals surface area contributed by atoms with E-state index in [4.69, 9.17) is 17.2 Å². The van der Waals surface area contributed by atoms with E-state index in [-0.39, 0.29) is 31.1 Å². The van der Waals surface area contributed by atoms with Crippen molar-refractivity contribution in [3.8, 4) is 0 Å². The van der Waals surface area contributed by atoms with Crippen LogP contribution >= 0.6 is 24.4 Å². The molecule has 1 heterocycles. The van der Waals surface area contributed by atoms with Gasteiger partial charge in [-0.1, -0.05) is 0 Å². The highest BCUT2D eigenvalue weighted by molar-refractivity contribution is 7.98. The lowest BCUT2D eigenvalue weighted by Crippen LogP contribution is -2.58. The number of carboxylic acids is 1. The monoisotopic (exact) mass is 545 g/mol. The van der Waals surface area contributed by atoms with E-state index in [0.29, 0.717) is 24.3 Å². The molecule has 0 fully saturated rings. The maximum absolute atomic E-state index is 13.0. The Morgan fingerprint density at radius 2 is 1.75 bits per heavy atom. The largest absolute Gasteiger partial charge is 0.480 e. The summed E-state index contributed by atoms with van der Waals surface area (Å²) in [7, 11) is 0. The van der Waals surface area contributed by atoms with Gasteiger partial charge in [-0.15, -0.1) is 0 Å². The summed E-state index contributed by atoms with van der Waals surface area (Å²) >= 11 is 5.67. The second-order valence-corrected chi connectivity index (χ2v) is 9.17. The maximum atomic E-state index is 13.0. The predicted octanol–water partition coefficient (Wildman–Crippen LogP) is -2.44. The van der Waals surface area contributed by atoms with E-state index in [1.807, 2.05) is 6.26 Å². The van der Waals surface area contributed by atoms with Crippen LogP contribution in [0.15, 0.2) is 17.5 Å². The van der Waals surface area contributed by atoms with Crippen LogP contribution in [0.1, 0.15) is 25.0 Å². The number of aliphatic carboxylic acids is 1. The van der Waals surface area contributed by atoms with Crippen molar-refractivity contribution in [2.24, 2.45) is 22.2 Å². The number of nitrogens with one attached hydrogen (secondary N) is 4. The number of carboxylic acid groups (broad SMARTS) is 1. The molecule has 1 rings (SSSR count). The number of aromatic nitrogens is 2. The van der Waals surface area contributed by atoms with Gasteiger partial charge in [0.05, 0.1) is 12.4 Å². The first kappa shape index (κ1) is 31.1. The predicted molar refractivity (Wildman–Crippen MR) is 140 cm³/mol. The normalized spacial score (nSPS) is 14.1. The van der Waals surface area contributed by atoms with Gasteiger partial charge in [-0.2, -0.15) is 24.4 Å². The number of amides is 3. The second kappa shape index (κ2) is 16.6. The van der Waals surface area contributed by atoms with Crippen LogP contribution in [0.25, 0.3) is 0 Å². The molecule has 4 atom stereocenters. The summed E-state index contributed by atoms with van der Waals surface area (Å²) in [6.07, 6.45) is 5.56. The minimum atomic E-state index is -1.25. The van der Waals surface area contributed by atoms with Gasteiger partial charge >= 0.3 is 5.97 Å². The van der Waals surface area contributed by atoms with Gasteiger partial charge in [-0.25, -0.2) is 9.78 Å². The van der Waals surface area contributed by atoms with Crippen LogP contribution in [-0.2, 0) is 25.6 Å². The minimum Gasteiger partial charge on any atom is -0.480 e. The van der Waals surface area contributed by atoms with E-state index >= 15 is 0 Å². The molecule has 0 spiro atoms. The molecule has 0 saturated carbocycles. The van der Waals surface area contributed by atoms with Crippen LogP contribution in [0, 0.1) is 0 Å². The molecular weight excluding hydrogens is 510 g/mol. The van der Waals surface area contributed by atoms with Gasteiger partial charge in [0, 0.05) is 30.6 Å². The number of carbonyl (C=O) groups excluding carboxylic acids is 3. The summed E-state index contributed by atoms with van der Waals surface area (Å²) in [5, 5.41) is 17.1. The Balaban J connectivity index is 2.90. The van der Waals surface area contributed by atoms with Gasteiger partial charge in [0.15, 0.2) is 5.96 Å². The fraction of sp³-hybridized carbons (Fsp3) is 0.600. The standard InChI is InChI=1S/C20H35N9O5S2/c1-36-6-4-12(21)16(30)29-15(9-35)18(32)28-14(7-11-8-24-10-26-11)17(31)27-13(19(33)34)3-2-5-25-20(22)23/h8,10,12-15,35H,2-7,9,21H2,1H3,(H,24,26)(H,27,31)(H,28,32)(H,29,30)(H,33,34)(H4,22,23,25). The average Bonchev–Trinajstić information content (AvgIpc) is 3.34. The number of thioether (sulfide) groups is 1. The van der Waals surface area contributed by atoms with Crippen LogP contribution in [0.5, 0.6) is 0 Å². The Morgan fingerprint density at radius 3 is 2.31 bits per heavy atom. The lowest BCUT2D eigenvalue weighted by atomic mass is 10.1. The number of rotatable bonds is 17. The topological polar surface area (TPSA) is 244 Å². The first-order valence-corrected chi connectivity index (χ1v) is 13.1. The van der Waals surface area contributed by atoms with E-state index < -0.39 is 47.9 Å². The van der Waals surface area contributed by atoms with Gasteiger partial charge in [-0.3, -0.25) is 19.4 Å². The highest BCUT2D eigenvalue weighted by Gasteiger charge is 2.30. The summed E-state index contributed by atoms with van der Waals surface area (Å²) in [5.41, 5.74) is 16.9. The molecule has 0 radical (unpaired) electrons. The van der Waals surface area contributed by atoms with E-state index in [0.717, 1.165) is 0 Å². The number of carbonyl (C=O) groups is 4. The van der Waals surface area contributed by atoms with Crippen molar-refractivity contribution in [1.82, 2.24) is 25.9 Å². The Morgan fingerprint density at radius 1 is 1.11 bits per heavy atom. The van der Waals surface area contributed by atoms with Crippen molar-refractivity contribution in [2.75, 3.05) is 24.3 Å². The molecule has 36 heavy (non-hydrogen) atoms. The number of nitrogens with zero attached hydrogens (tertiary/aromatic N) is 2. The fourth-order valence-corrected chi connectivity index (χ4v) is 3.73. The fourth-order valence-electron chi connectivity index (χ4n) is 2.98. The molecule has 0 aliphatic carbocycles.